The van der Waals surface area contributed by atoms with E-state index in [2.05, 4.69) is 15.1 Å². The van der Waals surface area contributed by atoms with Crippen LogP contribution in [-0.4, -0.2) is 30.7 Å². The quantitative estimate of drug-likeness (QED) is 0.810. The lowest BCUT2D eigenvalue weighted by atomic mass is 10.1. The molecular weight excluding hydrogens is 340 g/mol. The summed E-state index contributed by atoms with van der Waals surface area (Å²) in [6.07, 6.45) is 3.45. The molecule has 134 valence electrons. The van der Waals surface area contributed by atoms with Crippen molar-refractivity contribution in [3.63, 3.8) is 0 Å². The van der Waals surface area contributed by atoms with Gasteiger partial charge < -0.3 is 5.32 Å². The number of aromatic nitrogens is 2. The Bertz CT molecular complexity index is 889. The molecule has 0 saturated heterocycles. The van der Waals surface area contributed by atoms with E-state index in [1.807, 2.05) is 25.3 Å². The van der Waals surface area contributed by atoms with Crippen LogP contribution in [-0.2, 0) is 27.8 Å². The summed E-state index contributed by atoms with van der Waals surface area (Å²) in [4.78, 5) is 11.5. The number of benzene rings is 1. The molecule has 3 rings (SSSR count). The van der Waals surface area contributed by atoms with Crippen molar-refractivity contribution in [2.24, 2.45) is 0 Å². The number of hydrogen-bond acceptors (Lipinski definition) is 4. The Labute approximate surface area is 147 Å². The first-order chi connectivity index (χ1) is 11.8. The second kappa shape index (κ2) is 6.97. The lowest BCUT2D eigenvalue weighted by Crippen LogP contribution is -2.28. The van der Waals surface area contributed by atoms with E-state index >= 15 is 0 Å². The van der Waals surface area contributed by atoms with Gasteiger partial charge in [0, 0.05) is 19.7 Å². The molecule has 1 aromatic carbocycles. The predicted molar refractivity (Wildman–Crippen MR) is 93.5 cm³/mol. The topological polar surface area (TPSA) is 93.1 Å². The fourth-order valence-corrected chi connectivity index (χ4v) is 4.16. The number of fused-ring (bicyclic) bond motifs is 1. The third-order valence-electron chi connectivity index (χ3n) is 4.29. The van der Waals surface area contributed by atoms with Crippen molar-refractivity contribution in [3.05, 3.63) is 47.3 Å². The highest BCUT2D eigenvalue weighted by molar-refractivity contribution is 7.89. The standard InChI is InChI=1S/C17H22N4O3S/c1-12-7-9-21(20-12)10-8-18-25(23,24)15-5-3-14-4-6-17(16(14)11-15)19-13(2)22/h3,5,7,9,11,17-18H,4,6,8,10H2,1-2H3,(H,19,22). The molecule has 0 spiro atoms. The molecular formula is C17H22N4O3S. The van der Waals surface area contributed by atoms with Crippen LogP contribution < -0.4 is 10.0 Å². The number of sulfonamides is 1. The minimum Gasteiger partial charge on any atom is -0.350 e. The first kappa shape index (κ1) is 17.6. The van der Waals surface area contributed by atoms with Crippen LogP contribution in [0.3, 0.4) is 0 Å². The summed E-state index contributed by atoms with van der Waals surface area (Å²) in [7, 11) is -3.60. The van der Waals surface area contributed by atoms with Crippen molar-refractivity contribution < 1.29 is 13.2 Å². The molecule has 0 bridgehead atoms. The number of carbonyl (C=O) groups is 1. The van der Waals surface area contributed by atoms with E-state index in [1.165, 1.54) is 6.92 Å². The van der Waals surface area contributed by atoms with Gasteiger partial charge in [-0.3, -0.25) is 9.48 Å². The zero-order valence-corrected chi connectivity index (χ0v) is 15.1. The zero-order valence-electron chi connectivity index (χ0n) is 14.3. The lowest BCUT2D eigenvalue weighted by Gasteiger charge is -2.14. The molecule has 7 nitrogen and oxygen atoms in total. The summed E-state index contributed by atoms with van der Waals surface area (Å²) >= 11 is 0. The number of aryl methyl sites for hydroxylation is 2. The van der Waals surface area contributed by atoms with Crippen molar-refractivity contribution in [2.75, 3.05) is 6.54 Å². The Kier molecular flexibility index (Phi) is 4.91. The average molecular weight is 362 g/mol. The van der Waals surface area contributed by atoms with E-state index in [-0.39, 0.29) is 23.4 Å². The van der Waals surface area contributed by atoms with Gasteiger partial charge in [0.05, 0.1) is 23.2 Å². The van der Waals surface area contributed by atoms with Gasteiger partial charge in [-0.25, -0.2) is 13.1 Å². The van der Waals surface area contributed by atoms with Crippen molar-refractivity contribution in [3.8, 4) is 0 Å². The molecule has 1 amide bonds. The summed E-state index contributed by atoms with van der Waals surface area (Å²) in [6.45, 7) is 4.08. The van der Waals surface area contributed by atoms with Crippen molar-refractivity contribution >= 4 is 15.9 Å². The molecule has 1 aromatic heterocycles. The van der Waals surface area contributed by atoms with Gasteiger partial charge in [0.2, 0.25) is 15.9 Å². The monoisotopic (exact) mass is 362 g/mol. The van der Waals surface area contributed by atoms with Crippen LogP contribution in [0.4, 0.5) is 0 Å². The third-order valence-corrected chi connectivity index (χ3v) is 5.75. The van der Waals surface area contributed by atoms with Crippen molar-refractivity contribution in [1.82, 2.24) is 19.8 Å². The Hall–Kier alpha value is -2.19. The van der Waals surface area contributed by atoms with Crippen molar-refractivity contribution in [2.45, 2.75) is 44.2 Å². The van der Waals surface area contributed by atoms with E-state index < -0.39 is 10.0 Å². The third kappa shape index (κ3) is 4.08. The van der Waals surface area contributed by atoms with E-state index in [0.717, 1.165) is 29.7 Å². The largest absolute Gasteiger partial charge is 0.350 e. The Morgan fingerprint density at radius 1 is 1.36 bits per heavy atom. The maximum Gasteiger partial charge on any atom is 0.240 e. The summed E-state index contributed by atoms with van der Waals surface area (Å²) in [5.74, 6) is -0.112. The first-order valence-corrected chi connectivity index (χ1v) is 9.73. The van der Waals surface area contributed by atoms with Gasteiger partial charge in [0.1, 0.15) is 0 Å². The molecule has 8 heteroatoms. The minimum atomic E-state index is -3.60. The predicted octanol–water partition coefficient (Wildman–Crippen LogP) is 1.29. The highest BCUT2D eigenvalue weighted by atomic mass is 32.2. The van der Waals surface area contributed by atoms with Crippen LogP contribution in [0.2, 0.25) is 0 Å². The SMILES string of the molecule is CC(=O)NC1CCc2ccc(S(=O)(=O)NCCn3ccc(C)n3)cc21. The van der Waals surface area contributed by atoms with Crippen LogP contribution in [0.1, 0.15) is 36.2 Å². The highest BCUT2D eigenvalue weighted by Crippen LogP contribution is 2.32. The molecule has 1 unspecified atom stereocenters. The molecule has 0 radical (unpaired) electrons. The fourth-order valence-electron chi connectivity index (χ4n) is 3.11. The van der Waals surface area contributed by atoms with E-state index in [1.54, 1.807) is 16.8 Å². The molecule has 25 heavy (non-hydrogen) atoms. The van der Waals surface area contributed by atoms with Gasteiger partial charge in [0.15, 0.2) is 0 Å². The number of nitrogens with zero attached hydrogens (tertiary/aromatic N) is 2. The van der Waals surface area contributed by atoms with Crippen LogP contribution in [0.25, 0.3) is 0 Å². The maximum absolute atomic E-state index is 12.5. The molecule has 1 heterocycles. The van der Waals surface area contributed by atoms with Gasteiger partial charge in [-0.2, -0.15) is 5.10 Å². The molecule has 0 aliphatic heterocycles. The van der Waals surface area contributed by atoms with Gasteiger partial charge in [-0.1, -0.05) is 6.07 Å². The minimum absolute atomic E-state index is 0.112. The Morgan fingerprint density at radius 3 is 2.84 bits per heavy atom. The zero-order chi connectivity index (χ0) is 18.0. The fraction of sp³-hybridized carbons (Fsp3) is 0.412. The van der Waals surface area contributed by atoms with Gasteiger partial charge in [-0.05, 0) is 49.1 Å². The van der Waals surface area contributed by atoms with Crippen LogP contribution in [0.5, 0.6) is 0 Å². The van der Waals surface area contributed by atoms with Crippen LogP contribution in [0.15, 0.2) is 35.4 Å². The van der Waals surface area contributed by atoms with Crippen LogP contribution in [0, 0.1) is 6.92 Å². The molecule has 0 fully saturated rings. The summed E-state index contributed by atoms with van der Waals surface area (Å²) in [5.41, 5.74) is 2.87. The summed E-state index contributed by atoms with van der Waals surface area (Å²) < 4.78 is 29.4. The Morgan fingerprint density at radius 2 is 2.16 bits per heavy atom. The lowest BCUT2D eigenvalue weighted by molar-refractivity contribution is -0.119. The molecule has 2 N–H and O–H groups in total. The van der Waals surface area contributed by atoms with E-state index in [4.69, 9.17) is 0 Å². The van der Waals surface area contributed by atoms with Gasteiger partial charge in [0.25, 0.3) is 0 Å². The van der Waals surface area contributed by atoms with Gasteiger partial charge in [-0.15, -0.1) is 0 Å². The molecule has 0 saturated carbocycles. The average Bonchev–Trinajstić information content (AvgIpc) is 3.13. The number of nitrogens with one attached hydrogen (secondary N) is 2. The molecule has 2 aromatic rings. The summed E-state index contributed by atoms with van der Waals surface area (Å²) in [5, 5.41) is 7.11. The Balaban J connectivity index is 1.71. The smallest absolute Gasteiger partial charge is 0.240 e. The molecule has 1 aliphatic carbocycles. The number of hydrogen-bond donors (Lipinski definition) is 2. The molecule has 1 atom stereocenters. The molecule has 1 aliphatic rings. The second-order valence-electron chi connectivity index (χ2n) is 6.27. The second-order valence-corrected chi connectivity index (χ2v) is 8.04. The maximum atomic E-state index is 12.5. The van der Waals surface area contributed by atoms with Gasteiger partial charge >= 0.3 is 0 Å². The number of rotatable bonds is 6. The van der Waals surface area contributed by atoms with Crippen molar-refractivity contribution in [1.29, 1.82) is 0 Å². The number of amides is 1. The summed E-state index contributed by atoms with van der Waals surface area (Å²) in [6, 6.07) is 6.88. The van der Waals surface area contributed by atoms with E-state index in [9.17, 15) is 13.2 Å². The normalized spacial score (nSPS) is 16.6. The van der Waals surface area contributed by atoms with E-state index in [0.29, 0.717) is 6.54 Å². The highest BCUT2D eigenvalue weighted by Gasteiger charge is 2.25. The first-order valence-electron chi connectivity index (χ1n) is 8.25. The number of carbonyl (C=O) groups excluding carboxylic acids is 1. The van der Waals surface area contributed by atoms with Crippen LogP contribution >= 0.6 is 0 Å².